The van der Waals surface area contributed by atoms with Crippen molar-refractivity contribution in [3.63, 3.8) is 0 Å². The van der Waals surface area contributed by atoms with E-state index in [2.05, 4.69) is 111 Å². The molecule has 4 atom stereocenters. The first kappa shape index (κ1) is 34.4. The predicted octanol–water partition coefficient (Wildman–Crippen LogP) is 11.4. The molecule has 1 saturated carbocycles. The minimum absolute atomic E-state index is 0.0737. The fraction of sp³-hybridized carbons (Fsp3) is 0.512. The highest BCUT2D eigenvalue weighted by atomic mass is 31.1. The zero-order valence-corrected chi connectivity index (χ0v) is 32.5. The van der Waals surface area contributed by atoms with E-state index in [0.29, 0.717) is 12.5 Å². The summed E-state index contributed by atoms with van der Waals surface area (Å²) in [5, 5.41) is 6.89. The van der Waals surface area contributed by atoms with Crippen molar-refractivity contribution in [2.24, 2.45) is 5.92 Å². The second kappa shape index (κ2) is 13.1. The van der Waals surface area contributed by atoms with Crippen LogP contribution in [0.1, 0.15) is 66.7 Å². The van der Waals surface area contributed by atoms with Gasteiger partial charge in [0, 0.05) is 17.3 Å². The minimum Gasteiger partial charge on any atom is -0.414 e. The predicted molar refractivity (Wildman–Crippen MR) is 207 cm³/mol. The molecular formula is C41H52NO6PSi. The average Bonchev–Trinajstić information content (AvgIpc) is 3.49. The van der Waals surface area contributed by atoms with Crippen molar-refractivity contribution in [2.75, 3.05) is 17.8 Å². The maximum absolute atomic E-state index is 7.25. The van der Waals surface area contributed by atoms with Gasteiger partial charge in [-0.1, -0.05) is 101 Å². The molecule has 8 rings (SSSR count). The summed E-state index contributed by atoms with van der Waals surface area (Å²) in [5.74, 6) is -0.240. The summed E-state index contributed by atoms with van der Waals surface area (Å²) in [6.07, 6.45) is 5.10. The molecule has 2 saturated heterocycles. The molecule has 0 N–H and O–H groups in total. The van der Waals surface area contributed by atoms with Crippen molar-refractivity contribution < 1.29 is 27.0 Å². The van der Waals surface area contributed by atoms with E-state index < -0.39 is 28.6 Å². The minimum atomic E-state index is -2.08. The second-order valence-electron chi connectivity index (χ2n) is 16.6. The Morgan fingerprint density at radius 1 is 0.800 bits per heavy atom. The summed E-state index contributed by atoms with van der Waals surface area (Å²) < 4.78 is 43.8. The average molecular weight is 714 g/mol. The number of nitrogens with zero attached hydrogens (tertiary/aromatic N) is 1. The molecule has 3 aliphatic rings. The summed E-state index contributed by atoms with van der Waals surface area (Å²) in [4.78, 5) is 0. The highest BCUT2D eigenvalue weighted by molar-refractivity contribution is 7.39. The highest BCUT2D eigenvalue weighted by Crippen LogP contribution is 2.48. The van der Waals surface area contributed by atoms with Gasteiger partial charge in [0.15, 0.2) is 20.4 Å². The van der Waals surface area contributed by atoms with Crippen LogP contribution in [0.3, 0.4) is 0 Å². The van der Waals surface area contributed by atoms with E-state index in [1.807, 2.05) is 13.8 Å². The number of ether oxygens (including phenoxy) is 3. The highest BCUT2D eigenvalue weighted by Gasteiger charge is 2.58. The lowest BCUT2D eigenvalue weighted by Crippen LogP contribution is -2.52. The molecule has 1 aromatic heterocycles. The molecule has 266 valence electrons. The van der Waals surface area contributed by atoms with Gasteiger partial charge in [0.1, 0.15) is 23.4 Å². The molecule has 0 radical (unpaired) electrons. The monoisotopic (exact) mass is 713 g/mol. The number of benzene rings is 4. The number of hydrogen-bond donors (Lipinski definition) is 0. The van der Waals surface area contributed by atoms with E-state index in [4.69, 9.17) is 27.0 Å². The third-order valence-electron chi connectivity index (χ3n) is 11.6. The molecule has 3 fully saturated rings. The Morgan fingerprint density at radius 3 is 1.96 bits per heavy atom. The fourth-order valence-electron chi connectivity index (χ4n) is 7.96. The van der Waals surface area contributed by atoms with Crippen LogP contribution < -0.4 is 4.67 Å². The Hall–Kier alpha value is -2.68. The Bertz CT molecular complexity index is 1970. The maximum atomic E-state index is 7.25. The molecule has 0 amide bonds. The van der Waals surface area contributed by atoms with Gasteiger partial charge in [-0.15, -0.1) is 0 Å². The van der Waals surface area contributed by atoms with Gasteiger partial charge in [0.05, 0.1) is 12.6 Å². The quantitative estimate of drug-likeness (QED) is 0.156. The first-order chi connectivity index (χ1) is 23.9. The number of hydrogen-bond acceptors (Lipinski definition) is 7. The molecule has 3 heterocycles. The van der Waals surface area contributed by atoms with Gasteiger partial charge in [-0.3, -0.25) is 0 Å². The van der Waals surface area contributed by atoms with Crippen molar-refractivity contribution in [2.45, 2.75) is 115 Å². The summed E-state index contributed by atoms with van der Waals surface area (Å²) in [6.45, 7) is 16.7. The molecule has 7 nitrogen and oxygen atoms in total. The van der Waals surface area contributed by atoms with E-state index in [1.54, 1.807) is 0 Å². The largest absolute Gasteiger partial charge is 0.414 e. The normalized spacial score (nSPS) is 24.6. The Balaban J connectivity index is 1.35. The van der Waals surface area contributed by atoms with E-state index in [1.165, 1.54) is 42.9 Å². The van der Waals surface area contributed by atoms with Crippen LogP contribution in [0.5, 0.6) is 0 Å². The third kappa shape index (κ3) is 6.36. The molecular weight excluding hydrogens is 662 g/mol. The van der Waals surface area contributed by atoms with Gasteiger partial charge in [-0.25, -0.2) is 0 Å². The lowest BCUT2D eigenvalue weighted by molar-refractivity contribution is -0.208. The summed E-state index contributed by atoms with van der Waals surface area (Å²) in [5.41, 5.74) is 1.68. The zero-order valence-electron chi connectivity index (χ0n) is 30.6. The summed E-state index contributed by atoms with van der Waals surface area (Å²) in [6, 6.07) is 25.6. The molecule has 5 aromatic rings. The van der Waals surface area contributed by atoms with Crippen LogP contribution in [-0.2, 0) is 18.6 Å². The van der Waals surface area contributed by atoms with Crippen LogP contribution in [0.4, 0.5) is 0 Å². The van der Waals surface area contributed by atoms with Crippen LogP contribution >= 0.6 is 8.16 Å². The van der Waals surface area contributed by atoms with E-state index in [0.717, 1.165) is 39.3 Å². The standard InChI is InChI=1S/C41H52NO6PSi/c1-40(2,3)50(6,7)43-26-34-37(38-39(44-34)46-41(4,5)45-38)42(25-27-15-9-8-10-16-27)49-47-32-23-21-28-17-11-13-19-30(28)35(32)36-31-20-14-12-18-29(31)22-24-33(36)48-49/h11-14,17-24,27,34,37-39H,8-10,15-16,25-26H2,1-7H3/t34-,37-,38-,39-/m1/s1. The van der Waals surface area contributed by atoms with Crippen LogP contribution in [0.2, 0.25) is 18.1 Å². The summed E-state index contributed by atoms with van der Waals surface area (Å²) in [7, 11) is -3.73. The Labute approximate surface area is 297 Å². The molecule has 9 heteroatoms. The first-order valence-electron chi connectivity index (χ1n) is 18.5. The molecule has 0 spiro atoms. The smallest absolute Gasteiger partial charge is 0.310 e. The van der Waals surface area contributed by atoms with Gasteiger partial charge in [0.25, 0.3) is 0 Å². The fourth-order valence-corrected chi connectivity index (χ4v) is 10.7. The number of rotatable bonds is 7. The van der Waals surface area contributed by atoms with E-state index >= 15 is 0 Å². The van der Waals surface area contributed by atoms with Crippen LogP contribution in [0, 0.1) is 5.92 Å². The van der Waals surface area contributed by atoms with Crippen molar-refractivity contribution in [1.82, 2.24) is 0 Å². The van der Waals surface area contributed by atoms with Gasteiger partial charge in [0.2, 0.25) is 0 Å². The van der Waals surface area contributed by atoms with E-state index in [9.17, 15) is 0 Å². The summed E-state index contributed by atoms with van der Waals surface area (Å²) >= 11 is 0. The topological polar surface area (TPSA) is 66.4 Å². The van der Waals surface area contributed by atoms with Gasteiger partial charge < -0.3 is 27.0 Å². The molecule has 4 aromatic carbocycles. The van der Waals surface area contributed by atoms with Crippen LogP contribution in [0.25, 0.3) is 43.5 Å². The Morgan fingerprint density at radius 2 is 1.38 bits per heavy atom. The molecule has 50 heavy (non-hydrogen) atoms. The molecule has 1 aliphatic carbocycles. The lowest BCUT2D eigenvalue weighted by atomic mass is 9.89. The molecule has 2 aliphatic heterocycles. The zero-order chi connectivity index (χ0) is 34.8. The van der Waals surface area contributed by atoms with Gasteiger partial charge in [-0.2, -0.15) is 4.67 Å². The van der Waals surface area contributed by atoms with Gasteiger partial charge >= 0.3 is 8.16 Å². The first-order valence-corrected chi connectivity index (χ1v) is 22.5. The Kier molecular flexibility index (Phi) is 8.99. The second-order valence-corrected chi connectivity index (χ2v) is 22.7. The SMILES string of the molecule is CC1(C)O[C@H]2O[C@H](CO[Si](C)(C)C(C)(C)C)[C@@H](N(CC3CCCCC3)p3oc4ccc5ccccc5c4c4c(ccc5ccccc54)o3)[C@H]2O1. The van der Waals surface area contributed by atoms with Crippen molar-refractivity contribution in [3.8, 4) is 0 Å². The van der Waals surface area contributed by atoms with Crippen molar-refractivity contribution in [3.05, 3.63) is 72.8 Å². The number of fused-ring (bicyclic) bond motifs is 8. The molecule has 0 bridgehead atoms. The molecule has 0 unspecified atom stereocenters. The van der Waals surface area contributed by atoms with Gasteiger partial charge in [-0.05, 0) is 84.4 Å². The third-order valence-corrected chi connectivity index (χ3v) is 17.7. The lowest BCUT2D eigenvalue weighted by Gasteiger charge is -2.39. The van der Waals surface area contributed by atoms with Crippen molar-refractivity contribution >= 4 is 60.0 Å². The maximum Gasteiger partial charge on any atom is 0.310 e. The van der Waals surface area contributed by atoms with Crippen molar-refractivity contribution in [1.29, 1.82) is 0 Å². The van der Waals surface area contributed by atoms with E-state index in [-0.39, 0.29) is 23.3 Å². The van der Waals surface area contributed by atoms with Crippen LogP contribution in [0.15, 0.2) is 81.2 Å². The van der Waals surface area contributed by atoms with Crippen LogP contribution in [-0.4, -0.2) is 51.8 Å².